The minimum atomic E-state index is -4.00. The quantitative estimate of drug-likeness (QED) is 0.0815. The van der Waals surface area contributed by atoms with Crippen LogP contribution in [0.3, 0.4) is 0 Å². The molecule has 7 atom stereocenters. The summed E-state index contributed by atoms with van der Waals surface area (Å²) >= 11 is 0. The van der Waals surface area contributed by atoms with E-state index in [4.69, 9.17) is 9.47 Å². The van der Waals surface area contributed by atoms with E-state index in [1.807, 2.05) is 131 Å². The zero-order chi connectivity index (χ0) is 47.1. The molecule has 1 saturated carbocycles. The Morgan fingerprint density at radius 1 is 0.776 bits per heavy atom. The number of rotatable bonds is 15. The molecule has 11 nitrogen and oxygen atoms in total. The van der Waals surface area contributed by atoms with Gasteiger partial charge in [0, 0.05) is 36.7 Å². The first-order chi connectivity index (χ1) is 32.2. The standard InChI is InChI=1S/C55H66N4O7S/c1-37-18-29-46(30-19-37)67(63,64)58-48(32-38-12-6-5-7-13-38)52(61)56-34-44-15-8-10-16-47(44)40-24-26-43(27-25-40)54-65-45(33-51(66-54)42-22-20-39(36-60)21-23-42)35-59-49-17-11-9-14-41(49)28-31-50(59)53(62)57-55(2,3)4/h5-8,10,12-13,15-16,18-27,29-30,41,45,48-51,54,58,60H,9,11,14,17,28,31-36H2,1-4H3,(H,56,61)(H,57,62). The minimum Gasteiger partial charge on any atom is -0.392 e. The fourth-order valence-corrected chi connectivity index (χ4v) is 11.3. The predicted molar refractivity (Wildman–Crippen MR) is 261 cm³/mol. The number of sulfonamides is 1. The molecule has 0 spiro atoms. The maximum atomic E-state index is 13.9. The summed E-state index contributed by atoms with van der Waals surface area (Å²) in [6.45, 7) is 8.75. The van der Waals surface area contributed by atoms with Crippen LogP contribution in [0.15, 0.2) is 132 Å². The second kappa shape index (κ2) is 21.4. The Labute approximate surface area is 396 Å². The number of hydrogen-bond donors (Lipinski definition) is 4. The zero-order valence-corrected chi connectivity index (χ0v) is 40.0. The molecular weight excluding hydrogens is 861 g/mol. The lowest BCUT2D eigenvalue weighted by Gasteiger charge is -2.50. The van der Waals surface area contributed by atoms with E-state index in [9.17, 15) is 23.1 Å². The van der Waals surface area contributed by atoms with Gasteiger partial charge in [-0.3, -0.25) is 14.5 Å². The van der Waals surface area contributed by atoms with Gasteiger partial charge in [-0.25, -0.2) is 8.42 Å². The van der Waals surface area contributed by atoms with Crippen LogP contribution in [0, 0.1) is 12.8 Å². The molecule has 4 N–H and O–H groups in total. The lowest BCUT2D eigenvalue weighted by Crippen LogP contribution is -2.61. The number of aliphatic hydroxyl groups excluding tert-OH is 1. The highest BCUT2D eigenvalue weighted by molar-refractivity contribution is 7.89. The normalized spacial score (nSPS) is 22.9. The number of aryl methyl sites for hydroxylation is 1. The highest BCUT2D eigenvalue weighted by Gasteiger charge is 2.44. The molecule has 5 aromatic rings. The largest absolute Gasteiger partial charge is 0.392 e. The highest BCUT2D eigenvalue weighted by atomic mass is 32.2. The van der Waals surface area contributed by atoms with Crippen molar-refractivity contribution < 1.29 is 32.6 Å². The molecule has 7 unspecified atom stereocenters. The highest BCUT2D eigenvalue weighted by Crippen LogP contribution is 2.42. The molecule has 3 fully saturated rings. The number of hydrogen-bond acceptors (Lipinski definition) is 8. The fraction of sp³-hybridized carbons (Fsp3) is 0.418. The summed E-state index contributed by atoms with van der Waals surface area (Å²) < 4.78 is 43.4. The molecule has 0 bridgehead atoms. The van der Waals surface area contributed by atoms with Gasteiger partial charge in [0.05, 0.1) is 29.8 Å². The van der Waals surface area contributed by atoms with Crippen molar-refractivity contribution in [3.05, 3.63) is 161 Å². The Morgan fingerprint density at radius 2 is 1.46 bits per heavy atom. The van der Waals surface area contributed by atoms with E-state index in [2.05, 4.69) is 20.3 Å². The number of carbonyl (C=O) groups excluding carboxylic acids is 2. The number of nitrogens with zero attached hydrogens (tertiary/aromatic N) is 1. The molecule has 2 saturated heterocycles. The van der Waals surface area contributed by atoms with Crippen LogP contribution in [0.2, 0.25) is 0 Å². The molecule has 67 heavy (non-hydrogen) atoms. The summed E-state index contributed by atoms with van der Waals surface area (Å²) in [6.07, 6.45) is 6.18. The van der Waals surface area contributed by atoms with E-state index >= 15 is 0 Å². The Balaban J connectivity index is 1.01. The molecule has 354 valence electrons. The van der Waals surface area contributed by atoms with E-state index in [0.717, 1.165) is 70.2 Å². The second-order valence-electron chi connectivity index (χ2n) is 19.7. The van der Waals surface area contributed by atoms with Crippen LogP contribution in [0.1, 0.15) is 111 Å². The van der Waals surface area contributed by atoms with Crippen molar-refractivity contribution in [2.24, 2.45) is 5.92 Å². The Kier molecular flexibility index (Phi) is 15.4. The summed E-state index contributed by atoms with van der Waals surface area (Å²) in [4.78, 5) is 30.4. The number of amides is 2. The molecule has 2 aliphatic heterocycles. The Bertz CT molecular complexity index is 2550. The lowest BCUT2D eigenvalue weighted by atomic mass is 9.75. The van der Waals surface area contributed by atoms with Gasteiger partial charge in [-0.15, -0.1) is 0 Å². The van der Waals surface area contributed by atoms with Crippen LogP contribution in [0.5, 0.6) is 0 Å². The molecular formula is C55H66N4O7S. The molecule has 0 radical (unpaired) electrons. The summed E-state index contributed by atoms with van der Waals surface area (Å²) in [5.41, 5.74) is 6.85. The van der Waals surface area contributed by atoms with Gasteiger partial charge in [0.25, 0.3) is 0 Å². The van der Waals surface area contributed by atoms with Crippen LogP contribution >= 0.6 is 0 Å². The number of aliphatic hydroxyl groups is 1. The van der Waals surface area contributed by atoms with E-state index in [1.54, 1.807) is 24.3 Å². The number of piperidine rings is 1. The van der Waals surface area contributed by atoms with Gasteiger partial charge in [0.15, 0.2) is 6.29 Å². The number of fused-ring (bicyclic) bond motifs is 1. The topological polar surface area (TPSA) is 146 Å². The first-order valence-corrected chi connectivity index (χ1v) is 25.4. The van der Waals surface area contributed by atoms with Gasteiger partial charge in [-0.2, -0.15) is 4.72 Å². The van der Waals surface area contributed by atoms with Gasteiger partial charge < -0.3 is 25.2 Å². The number of benzene rings is 5. The van der Waals surface area contributed by atoms with Crippen molar-refractivity contribution in [1.29, 1.82) is 0 Å². The molecule has 3 aliphatic rings. The van der Waals surface area contributed by atoms with Crippen molar-refractivity contribution >= 4 is 21.8 Å². The maximum Gasteiger partial charge on any atom is 0.241 e. The summed E-state index contributed by atoms with van der Waals surface area (Å²) in [6, 6.07) is 38.9. The molecule has 12 heteroatoms. The fourth-order valence-electron chi connectivity index (χ4n) is 10.1. The van der Waals surface area contributed by atoms with Crippen LogP contribution in [0.25, 0.3) is 11.1 Å². The Morgan fingerprint density at radius 3 is 2.18 bits per heavy atom. The molecule has 2 amide bonds. The third kappa shape index (κ3) is 12.3. The number of ether oxygens (including phenoxy) is 2. The zero-order valence-electron chi connectivity index (χ0n) is 39.2. The third-order valence-corrected chi connectivity index (χ3v) is 15.0. The minimum absolute atomic E-state index is 0.0393. The van der Waals surface area contributed by atoms with E-state index < -0.39 is 28.3 Å². The van der Waals surface area contributed by atoms with Gasteiger partial charge in [0.1, 0.15) is 6.04 Å². The van der Waals surface area contributed by atoms with Crippen LogP contribution in [0.4, 0.5) is 0 Å². The number of nitrogens with one attached hydrogen (secondary N) is 3. The lowest BCUT2D eigenvalue weighted by molar-refractivity contribution is -0.255. The summed E-state index contributed by atoms with van der Waals surface area (Å²) in [5.74, 6) is 0.221. The smallest absolute Gasteiger partial charge is 0.241 e. The second-order valence-corrected chi connectivity index (χ2v) is 21.4. The average molecular weight is 927 g/mol. The van der Waals surface area contributed by atoms with Gasteiger partial charge in [-0.1, -0.05) is 134 Å². The van der Waals surface area contributed by atoms with Crippen molar-refractivity contribution in [3.8, 4) is 11.1 Å². The van der Waals surface area contributed by atoms with Gasteiger partial charge >= 0.3 is 0 Å². The van der Waals surface area contributed by atoms with Crippen molar-refractivity contribution in [2.75, 3.05) is 6.54 Å². The summed E-state index contributed by atoms with van der Waals surface area (Å²) in [5, 5.41) is 16.1. The van der Waals surface area contributed by atoms with Crippen molar-refractivity contribution in [2.45, 2.75) is 139 Å². The van der Waals surface area contributed by atoms with Crippen molar-refractivity contribution in [3.63, 3.8) is 0 Å². The molecule has 8 rings (SSSR count). The van der Waals surface area contributed by atoms with E-state index in [0.29, 0.717) is 24.9 Å². The van der Waals surface area contributed by atoms with E-state index in [-0.39, 0.29) is 54.2 Å². The third-order valence-electron chi connectivity index (χ3n) is 13.5. The Hall–Kier alpha value is -5.21. The van der Waals surface area contributed by atoms with Crippen molar-refractivity contribution in [1.82, 2.24) is 20.3 Å². The molecule has 0 aromatic heterocycles. The predicted octanol–water partition coefficient (Wildman–Crippen LogP) is 8.84. The molecule has 1 aliphatic carbocycles. The maximum absolute atomic E-state index is 13.9. The molecule has 5 aromatic carbocycles. The monoisotopic (exact) mass is 926 g/mol. The first kappa shape index (κ1) is 48.3. The average Bonchev–Trinajstić information content (AvgIpc) is 3.33. The van der Waals surface area contributed by atoms with Crippen LogP contribution in [-0.4, -0.2) is 66.6 Å². The summed E-state index contributed by atoms with van der Waals surface area (Å²) in [7, 11) is -4.00. The van der Waals surface area contributed by atoms with Gasteiger partial charge in [0.2, 0.25) is 21.8 Å². The van der Waals surface area contributed by atoms with E-state index in [1.165, 1.54) is 12.8 Å². The van der Waals surface area contributed by atoms with Crippen LogP contribution in [-0.2, 0) is 48.7 Å². The number of likely N-dealkylation sites (tertiary alicyclic amines) is 1. The first-order valence-electron chi connectivity index (χ1n) is 23.9. The molecule has 2 heterocycles. The SMILES string of the molecule is Cc1ccc(S(=O)(=O)NC(Cc2ccccc2)C(=O)NCc2ccccc2-c2ccc(C3OC(CN4C(C(=O)NC(C)(C)C)CCC5CCCCC54)CC(c4ccc(CO)cc4)O3)cc2)cc1. The van der Waals surface area contributed by atoms with Gasteiger partial charge in [-0.05, 0) is 111 Å². The number of carbonyl (C=O) groups is 2. The van der Waals surface area contributed by atoms with Crippen LogP contribution < -0.4 is 15.4 Å².